The average Bonchev–Trinajstić information content (AvgIpc) is 2.09. The van der Waals surface area contributed by atoms with Crippen LogP contribution in [-0.2, 0) is 13.0 Å². The Morgan fingerprint density at radius 1 is 1.53 bits per heavy atom. The van der Waals surface area contributed by atoms with Crippen LogP contribution in [0.4, 0.5) is 0 Å². The maximum atomic E-state index is 10.8. The van der Waals surface area contributed by atoms with Crippen LogP contribution in [0.15, 0.2) is 11.3 Å². The zero-order valence-electron chi connectivity index (χ0n) is 10.0. The molecular weight excluding hydrogens is 244 g/mol. The number of carboxylic acid groups (broad SMARTS) is 1. The van der Waals surface area contributed by atoms with E-state index < -0.39 is 23.6 Å². The Hall–Kier alpha value is -0.219. The second kappa shape index (κ2) is 6.38. The van der Waals surface area contributed by atoms with Crippen LogP contribution in [0.5, 0.6) is 0 Å². The Morgan fingerprint density at radius 3 is 2.33 bits per heavy atom. The van der Waals surface area contributed by atoms with Gasteiger partial charge in [-0.15, -0.1) is 0 Å². The predicted octanol–water partition coefficient (Wildman–Crippen LogP) is 0.316. The molecule has 0 amide bonds. The Balaban J connectivity index is 4.61. The maximum Gasteiger partial charge on any atom is 0.330 e. The molecule has 0 aliphatic heterocycles. The highest BCUT2D eigenvalue weighted by Crippen LogP contribution is 2.09. The molecule has 0 aromatic rings. The van der Waals surface area contributed by atoms with Gasteiger partial charge in [0.25, 0.3) is 0 Å². The molecule has 4 nitrogen and oxygen atoms in total. The summed E-state index contributed by atoms with van der Waals surface area (Å²) in [7, 11) is -2.93. The van der Waals surface area contributed by atoms with E-state index in [9.17, 15) is 4.79 Å². The van der Waals surface area contributed by atoms with Gasteiger partial charge in [-0.3, -0.25) is 0 Å². The number of carbonyl (C=O) groups is 1. The fraction of sp³-hybridized carbons (Fsp3) is 0.625. The molecule has 0 spiro atoms. The number of aliphatic carboxylic acids is 1. The molecule has 0 aromatic heterocycles. The number of hydrogen-bond acceptors (Lipinski definition) is 3. The van der Waals surface area contributed by atoms with Crippen molar-refractivity contribution in [2.45, 2.75) is 33.0 Å². The van der Waals surface area contributed by atoms with Gasteiger partial charge in [-0.2, -0.15) is 0 Å². The molecule has 88 valence electrons. The van der Waals surface area contributed by atoms with E-state index in [2.05, 4.69) is 19.6 Å². The first-order valence-corrected chi connectivity index (χ1v) is 10.8. The molecule has 0 fully saturated rings. The first-order valence-electron chi connectivity index (χ1n) is 4.94. The molecule has 0 rings (SSSR count). The van der Waals surface area contributed by atoms with E-state index in [4.69, 9.17) is 13.3 Å². The molecule has 1 unspecified atom stereocenters. The van der Waals surface area contributed by atoms with E-state index in [0.717, 1.165) is 0 Å². The van der Waals surface area contributed by atoms with E-state index in [-0.39, 0.29) is 0 Å². The fourth-order valence-corrected chi connectivity index (χ4v) is 6.57. The Kier molecular flexibility index (Phi) is 6.29. The largest absolute Gasteiger partial charge is 0.478 e. The molecule has 0 aromatic carbocycles. The summed E-state index contributed by atoms with van der Waals surface area (Å²) < 4.78 is 11.2. The van der Waals surface area contributed by atoms with E-state index in [1.807, 2.05) is 6.92 Å². The lowest BCUT2D eigenvalue weighted by Crippen LogP contribution is -2.36. The van der Waals surface area contributed by atoms with Crippen LogP contribution in [-0.4, -0.2) is 39.2 Å². The summed E-state index contributed by atoms with van der Waals surface area (Å²) in [4.78, 5) is 10.8. The van der Waals surface area contributed by atoms with Crippen LogP contribution in [0.2, 0.25) is 19.6 Å². The number of hydrogen-bond donors (Lipinski definition) is 1. The molecule has 0 aliphatic carbocycles. The summed E-state index contributed by atoms with van der Waals surface area (Å²) in [5.41, 5.74) is 2.11. The van der Waals surface area contributed by atoms with Crippen molar-refractivity contribution >= 4 is 34.1 Å². The van der Waals surface area contributed by atoms with Crippen molar-refractivity contribution in [3.8, 4) is 0 Å². The standard InChI is InChI=1S/C8H20O4Si3/c1-5-7(8(9)10)6-14(11-13)12-15(2,3)4/h6,14H,5H2,1-4,13H3,(H,9,10). The van der Waals surface area contributed by atoms with Crippen LogP contribution < -0.4 is 0 Å². The summed E-state index contributed by atoms with van der Waals surface area (Å²) >= 11 is 0. The van der Waals surface area contributed by atoms with E-state index in [1.165, 1.54) is 0 Å². The van der Waals surface area contributed by atoms with Crippen molar-refractivity contribution in [1.29, 1.82) is 0 Å². The van der Waals surface area contributed by atoms with Crippen LogP contribution in [0.25, 0.3) is 0 Å². The highest BCUT2D eigenvalue weighted by Gasteiger charge is 2.22. The zero-order valence-corrected chi connectivity index (χ0v) is 14.2. The van der Waals surface area contributed by atoms with Gasteiger partial charge in [0.15, 0.2) is 8.32 Å². The SMILES string of the molecule is CCC(=C[SiH](O[SiH3])O[Si](C)(C)C)C(=O)O. The van der Waals surface area contributed by atoms with E-state index in [1.54, 1.807) is 5.70 Å². The zero-order chi connectivity index (χ0) is 12.1. The minimum absolute atomic E-state index is 0.403. The van der Waals surface area contributed by atoms with Crippen LogP contribution >= 0.6 is 0 Å². The summed E-state index contributed by atoms with van der Waals surface area (Å²) in [6, 6.07) is 0. The smallest absolute Gasteiger partial charge is 0.330 e. The van der Waals surface area contributed by atoms with Crippen LogP contribution in [0, 0.1) is 0 Å². The molecular formula is C8H20O4Si3. The molecule has 0 aliphatic rings. The third-order valence-electron chi connectivity index (χ3n) is 1.69. The number of carboxylic acids is 1. The molecule has 0 heterocycles. The minimum atomic E-state index is -1.89. The summed E-state index contributed by atoms with van der Waals surface area (Å²) in [5, 5.41) is 8.88. The monoisotopic (exact) mass is 264 g/mol. The van der Waals surface area contributed by atoms with Crippen molar-refractivity contribution in [3.63, 3.8) is 0 Å². The summed E-state index contributed by atoms with van der Waals surface area (Å²) in [6.45, 7) is 8.06. The summed E-state index contributed by atoms with van der Waals surface area (Å²) in [6.07, 6.45) is 0.513. The number of rotatable bonds is 6. The van der Waals surface area contributed by atoms with Crippen molar-refractivity contribution in [2.24, 2.45) is 0 Å². The van der Waals surface area contributed by atoms with Gasteiger partial charge in [-0.05, 0) is 31.8 Å². The van der Waals surface area contributed by atoms with E-state index >= 15 is 0 Å². The predicted molar refractivity (Wildman–Crippen MR) is 68.6 cm³/mol. The van der Waals surface area contributed by atoms with Gasteiger partial charge in [0, 0.05) is 5.57 Å². The van der Waals surface area contributed by atoms with Gasteiger partial charge in [0.05, 0.1) is 0 Å². The van der Waals surface area contributed by atoms with Crippen LogP contribution in [0.1, 0.15) is 13.3 Å². The lowest BCUT2D eigenvalue weighted by molar-refractivity contribution is -0.132. The molecule has 0 radical (unpaired) electrons. The highest BCUT2D eigenvalue weighted by atomic mass is 28.4. The second-order valence-corrected chi connectivity index (χ2v) is 12.3. The third-order valence-corrected chi connectivity index (χ3v) is 7.99. The second-order valence-electron chi connectivity index (χ2n) is 4.18. The van der Waals surface area contributed by atoms with Gasteiger partial charge in [0.2, 0.25) is 0 Å². The van der Waals surface area contributed by atoms with Crippen molar-refractivity contribution in [1.82, 2.24) is 0 Å². The normalized spacial score (nSPS) is 15.3. The molecule has 0 saturated heterocycles. The Morgan fingerprint density at radius 2 is 2.07 bits per heavy atom. The first kappa shape index (κ1) is 14.8. The van der Waals surface area contributed by atoms with Gasteiger partial charge in [0.1, 0.15) is 10.5 Å². The van der Waals surface area contributed by atoms with Crippen molar-refractivity contribution < 1.29 is 18.1 Å². The fourth-order valence-electron chi connectivity index (χ4n) is 1.00. The molecule has 0 bridgehead atoms. The molecule has 1 atom stereocenters. The minimum Gasteiger partial charge on any atom is -0.478 e. The Bertz CT molecular complexity index is 247. The average molecular weight is 265 g/mol. The first-order chi connectivity index (χ1) is 6.80. The third kappa shape index (κ3) is 6.79. The lowest BCUT2D eigenvalue weighted by Gasteiger charge is -2.22. The van der Waals surface area contributed by atoms with Gasteiger partial charge < -0.3 is 13.3 Å². The van der Waals surface area contributed by atoms with Gasteiger partial charge >= 0.3 is 15.3 Å². The molecule has 0 saturated carbocycles. The van der Waals surface area contributed by atoms with E-state index in [0.29, 0.717) is 22.5 Å². The summed E-state index contributed by atoms with van der Waals surface area (Å²) in [5.74, 6) is -0.868. The molecule has 15 heavy (non-hydrogen) atoms. The van der Waals surface area contributed by atoms with Crippen LogP contribution in [0.3, 0.4) is 0 Å². The quantitative estimate of drug-likeness (QED) is 0.554. The van der Waals surface area contributed by atoms with Crippen molar-refractivity contribution in [2.75, 3.05) is 0 Å². The van der Waals surface area contributed by atoms with Crippen molar-refractivity contribution in [3.05, 3.63) is 11.3 Å². The van der Waals surface area contributed by atoms with Gasteiger partial charge in [-0.25, -0.2) is 4.79 Å². The molecule has 7 heteroatoms. The molecule has 1 N–H and O–H groups in total. The topological polar surface area (TPSA) is 55.8 Å². The Labute approximate surface area is 96.8 Å². The highest BCUT2D eigenvalue weighted by molar-refractivity contribution is 6.77. The lowest BCUT2D eigenvalue weighted by atomic mass is 10.2. The maximum absolute atomic E-state index is 10.8. The van der Waals surface area contributed by atoms with Gasteiger partial charge in [-0.1, -0.05) is 6.92 Å².